The van der Waals surface area contributed by atoms with Crippen molar-refractivity contribution in [3.63, 3.8) is 0 Å². The molecular formula is C52H35N. The summed E-state index contributed by atoms with van der Waals surface area (Å²) in [4.78, 5) is 2.40. The molecule has 248 valence electrons. The summed E-state index contributed by atoms with van der Waals surface area (Å²) >= 11 is 0. The van der Waals surface area contributed by atoms with Crippen LogP contribution in [0, 0.1) is 0 Å². The first-order chi connectivity index (χ1) is 26.3. The van der Waals surface area contributed by atoms with Gasteiger partial charge in [0, 0.05) is 16.9 Å². The monoisotopic (exact) mass is 673 g/mol. The van der Waals surface area contributed by atoms with Gasteiger partial charge < -0.3 is 4.90 Å². The van der Waals surface area contributed by atoms with Gasteiger partial charge in [-0.05, 0) is 107 Å². The molecule has 0 spiro atoms. The lowest BCUT2D eigenvalue weighted by atomic mass is 9.90. The Morgan fingerprint density at radius 3 is 1.53 bits per heavy atom. The molecule has 0 atom stereocenters. The molecule has 10 aromatic rings. The first kappa shape index (κ1) is 30.8. The fraction of sp³-hybridized carbons (Fsp3) is 0. The van der Waals surface area contributed by atoms with Crippen LogP contribution in [0.15, 0.2) is 212 Å². The smallest absolute Gasteiger partial charge is 0.0540 e. The zero-order chi connectivity index (χ0) is 35.1. The molecule has 53 heavy (non-hydrogen) atoms. The van der Waals surface area contributed by atoms with Gasteiger partial charge in [-0.25, -0.2) is 0 Å². The lowest BCUT2D eigenvalue weighted by Crippen LogP contribution is -2.11. The van der Waals surface area contributed by atoms with E-state index in [1.807, 2.05) is 0 Å². The molecule has 0 aromatic heterocycles. The van der Waals surface area contributed by atoms with Crippen molar-refractivity contribution in [3.05, 3.63) is 212 Å². The number of anilines is 3. The Bertz CT molecular complexity index is 2920. The largest absolute Gasteiger partial charge is 0.310 e. The van der Waals surface area contributed by atoms with Crippen LogP contribution < -0.4 is 4.90 Å². The summed E-state index contributed by atoms with van der Waals surface area (Å²) in [5, 5.41) is 10.2. The lowest BCUT2D eigenvalue weighted by molar-refractivity contribution is 1.28. The van der Waals surface area contributed by atoms with Crippen molar-refractivity contribution in [2.45, 2.75) is 0 Å². The van der Waals surface area contributed by atoms with E-state index in [0.717, 1.165) is 17.1 Å². The highest BCUT2D eigenvalue weighted by molar-refractivity contribution is 6.23. The summed E-state index contributed by atoms with van der Waals surface area (Å²) < 4.78 is 0. The van der Waals surface area contributed by atoms with Crippen LogP contribution in [-0.2, 0) is 0 Å². The van der Waals surface area contributed by atoms with Crippen LogP contribution in [-0.4, -0.2) is 0 Å². The third kappa shape index (κ3) is 5.42. The summed E-state index contributed by atoms with van der Waals surface area (Å²) in [6.07, 6.45) is 0. The van der Waals surface area contributed by atoms with Gasteiger partial charge in [0.05, 0.1) is 5.69 Å². The first-order valence-corrected chi connectivity index (χ1v) is 18.3. The van der Waals surface area contributed by atoms with E-state index in [2.05, 4.69) is 217 Å². The molecule has 0 radical (unpaired) electrons. The second kappa shape index (κ2) is 13.0. The highest BCUT2D eigenvalue weighted by atomic mass is 15.1. The van der Waals surface area contributed by atoms with Crippen molar-refractivity contribution in [1.29, 1.82) is 0 Å². The van der Waals surface area contributed by atoms with Crippen LogP contribution >= 0.6 is 0 Å². The van der Waals surface area contributed by atoms with Crippen LogP contribution in [0.2, 0.25) is 0 Å². The molecule has 1 heteroatoms. The quantitative estimate of drug-likeness (QED) is 0.159. The van der Waals surface area contributed by atoms with Crippen molar-refractivity contribution in [1.82, 2.24) is 0 Å². The van der Waals surface area contributed by atoms with E-state index < -0.39 is 0 Å². The maximum Gasteiger partial charge on any atom is 0.0540 e. The Morgan fingerprint density at radius 2 is 0.774 bits per heavy atom. The van der Waals surface area contributed by atoms with Crippen LogP contribution in [0.25, 0.3) is 76.5 Å². The summed E-state index contributed by atoms with van der Waals surface area (Å²) in [7, 11) is 0. The molecule has 10 rings (SSSR count). The maximum atomic E-state index is 2.40. The minimum absolute atomic E-state index is 1.10. The maximum absolute atomic E-state index is 2.40. The Morgan fingerprint density at radius 1 is 0.264 bits per heavy atom. The minimum Gasteiger partial charge on any atom is -0.310 e. The van der Waals surface area contributed by atoms with E-state index in [9.17, 15) is 0 Å². The average Bonchev–Trinajstić information content (AvgIpc) is 3.24. The molecule has 0 aliphatic heterocycles. The van der Waals surface area contributed by atoms with Gasteiger partial charge >= 0.3 is 0 Å². The second-order valence-electron chi connectivity index (χ2n) is 13.7. The number of para-hydroxylation sites is 1. The van der Waals surface area contributed by atoms with Crippen molar-refractivity contribution < 1.29 is 0 Å². The molecule has 0 saturated carbocycles. The topological polar surface area (TPSA) is 3.24 Å². The van der Waals surface area contributed by atoms with Crippen LogP contribution in [0.3, 0.4) is 0 Å². The molecule has 0 saturated heterocycles. The Labute approximate surface area is 309 Å². The van der Waals surface area contributed by atoms with Gasteiger partial charge in [-0.3, -0.25) is 0 Å². The summed E-state index contributed by atoms with van der Waals surface area (Å²) in [5.41, 5.74) is 10.6. The summed E-state index contributed by atoms with van der Waals surface area (Å²) in [6.45, 7) is 0. The fourth-order valence-corrected chi connectivity index (χ4v) is 8.12. The van der Waals surface area contributed by atoms with Crippen LogP contribution in [0.1, 0.15) is 0 Å². The number of fused-ring (bicyclic) bond motifs is 6. The van der Waals surface area contributed by atoms with Gasteiger partial charge in [-0.2, -0.15) is 0 Å². The second-order valence-corrected chi connectivity index (χ2v) is 13.7. The molecule has 0 N–H and O–H groups in total. The third-order valence-electron chi connectivity index (χ3n) is 10.6. The standard InChI is InChI=1S/C52H35N/c1-2-13-36(14-3-1)37-27-31-42(32-28-37)53(51-24-11-10-21-48(51)46-23-12-17-38-15-4-6-18-44(38)46)43-33-29-40(30-34-43)50-35-41-26-25-39-16-5-7-19-45(39)52(41)49-22-9-8-20-47(49)50/h1-35H. The van der Waals surface area contributed by atoms with Gasteiger partial charge in [0.2, 0.25) is 0 Å². The molecule has 10 aromatic carbocycles. The van der Waals surface area contributed by atoms with Crippen molar-refractivity contribution in [2.24, 2.45) is 0 Å². The lowest BCUT2D eigenvalue weighted by Gasteiger charge is -2.28. The van der Waals surface area contributed by atoms with Gasteiger partial charge in [-0.1, -0.05) is 176 Å². The van der Waals surface area contributed by atoms with Crippen molar-refractivity contribution in [3.8, 4) is 33.4 Å². The van der Waals surface area contributed by atoms with E-state index in [1.165, 1.54) is 76.5 Å². The Kier molecular flexibility index (Phi) is 7.55. The molecule has 1 nitrogen and oxygen atoms in total. The highest BCUT2D eigenvalue weighted by Crippen LogP contribution is 2.44. The van der Waals surface area contributed by atoms with E-state index in [1.54, 1.807) is 0 Å². The predicted octanol–water partition coefficient (Wildman–Crippen LogP) is 14.8. The zero-order valence-corrected chi connectivity index (χ0v) is 29.2. The van der Waals surface area contributed by atoms with Crippen molar-refractivity contribution >= 4 is 60.2 Å². The highest BCUT2D eigenvalue weighted by Gasteiger charge is 2.19. The molecule has 0 heterocycles. The van der Waals surface area contributed by atoms with Gasteiger partial charge in [-0.15, -0.1) is 0 Å². The van der Waals surface area contributed by atoms with Crippen LogP contribution in [0.4, 0.5) is 17.1 Å². The predicted molar refractivity (Wildman–Crippen MR) is 227 cm³/mol. The molecule has 0 amide bonds. The van der Waals surface area contributed by atoms with Gasteiger partial charge in [0.15, 0.2) is 0 Å². The number of hydrogen-bond donors (Lipinski definition) is 0. The third-order valence-corrected chi connectivity index (χ3v) is 10.6. The van der Waals surface area contributed by atoms with Gasteiger partial charge in [0.25, 0.3) is 0 Å². The van der Waals surface area contributed by atoms with Gasteiger partial charge in [0.1, 0.15) is 0 Å². The average molecular weight is 674 g/mol. The molecular weight excluding hydrogens is 639 g/mol. The summed E-state index contributed by atoms with van der Waals surface area (Å²) in [6, 6.07) is 77.2. The fourth-order valence-electron chi connectivity index (χ4n) is 8.12. The Hall–Kier alpha value is -6.96. The van der Waals surface area contributed by atoms with Crippen molar-refractivity contribution in [2.75, 3.05) is 4.90 Å². The van der Waals surface area contributed by atoms with E-state index >= 15 is 0 Å². The summed E-state index contributed by atoms with van der Waals surface area (Å²) in [5.74, 6) is 0. The zero-order valence-electron chi connectivity index (χ0n) is 29.2. The van der Waals surface area contributed by atoms with E-state index in [4.69, 9.17) is 0 Å². The number of benzene rings is 10. The SMILES string of the molecule is c1ccc(-c2ccc(N(c3ccc(-c4cc5ccc6ccccc6c5c5ccccc45)cc3)c3ccccc3-c3cccc4ccccc34)cc2)cc1. The minimum atomic E-state index is 1.10. The molecule has 0 aliphatic rings. The normalized spacial score (nSPS) is 11.4. The molecule has 0 fully saturated rings. The number of nitrogens with zero attached hydrogens (tertiary/aromatic N) is 1. The molecule has 0 aliphatic carbocycles. The molecule has 0 bridgehead atoms. The molecule has 0 unspecified atom stereocenters. The van der Waals surface area contributed by atoms with E-state index in [-0.39, 0.29) is 0 Å². The first-order valence-electron chi connectivity index (χ1n) is 18.3. The number of rotatable bonds is 6. The number of hydrogen-bond acceptors (Lipinski definition) is 1. The van der Waals surface area contributed by atoms with Crippen LogP contribution in [0.5, 0.6) is 0 Å². The Balaban J connectivity index is 1.14. The van der Waals surface area contributed by atoms with E-state index in [0.29, 0.717) is 0 Å².